The molecule has 0 radical (unpaired) electrons. The molecule has 0 spiro atoms. The van der Waals surface area contributed by atoms with Gasteiger partial charge in [0.05, 0.1) is 18.2 Å². The van der Waals surface area contributed by atoms with E-state index in [-0.39, 0.29) is 11.4 Å². The maximum absolute atomic E-state index is 11.9. The van der Waals surface area contributed by atoms with E-state index in [4.69, 9.17) is 0 Å². The fraction of sp³-hybridized carbons (Fsp3) is 0.455. The molecule has 1 heterocycles. The maximum atomic E-state index is 11.9. The molecule has 1 aromatic rings. The summed E-state index contributed by atoms with van der Waals surface area (Å²) in [6.07, 6.45) is 1.28. The highest BCUT2D eigenvalue weighted by atomic mass is 16.6. The Morgan fingerprint density at radius 3 is 2.68 bits per heavy atom. The number of rotatable bonds is 5. The van der Waals surface area contributed by atoms with Crippen molar-refractivity contribution in [3.8, 4) is 0 Å². The summed E-state index contributed by atoms with van der Waals surface area (Å²) in [4.78, 5) is 33.2. The Morgan fingerprint density at radius 1 is 1.58 bits per heavy atom. The number of carbonyl (C=O) groups is 2. The third-order valence-electron chi connectivity index (χ3n) is 2.57. The van der Waals surface area contributed by atoms with Gasteiger partial charge in [-0.15, -0.1) is 0 Å². The minimum absolute atomic E-state index is 0.130. The van der Waals surface area contributed by atoms with Crippen LogP contribution in [0.25, 0.3) is 0 Å². The highest BCUT2D eigenvalue weighted by Gasteiger charge is 2.22. The first-order valence-electron chi connectivity index (χ1n) is 5.64. The molecule has 0 aromatic carbocycles. The molecule has 19 heavy (non-hydrogen) atoms. The van der Waals surface area contributed by atoms with Crippen LogP contribution >= 0.6 is 0 Å². The van der Waals surface area contributed by atoms with Gasteiger partial charge in [-0.3, -0.25) is 14.9 Å². The Labute approximate surface area is 109 Å². The zero-order chi connectivity index (χ0) is 14.6. The standard InChI is InChI=1S/C11H15N3O5/c1-4-13-6-8(14(17)18)5-9(13)10(15)12-7(2)11(16)19-3/h5-7H,4H2,1-3H3,(H,12,15). The van der Waals surface area contributed by atoms with Gasteiger partial charge in [0.15, 0.2) is 0 Å². The van der Waals surface area contributed by atoms with Crippen molar-refractivity contribution in [3.63, 3.8) is 0 Å². The number of amides is 1. The van der Waals surface area contributed by atoms with Crippen molar-refractivity contribution >= 4 is 17.6 Å². The molecule has 0 saturated heterocycles. The molecule has 0 aliphatic heterocycles. The summed E-state index contributed by atoms with van der Waals surface area (Å²) in [5.74, 6) is -1.15. The van der Waals surface area contributed by atoms with Crippen molar-refractivity contribution in [2.75, 3.05) is 7.11 Å². The minimum atomic E-state index is -0.822. The smallest absolute Gasteiger partial charge is 0.328 e. The van der Waals surface area contributed by atoms with E-state index in [1.165, 1.54) is 30.9 Å². The van der Waals surface area contributed by atoms with Crippen LogP contribution in [0.5, 0.6) is 0 Å². The summed E-state index contributed by atoms with van der Waals surface area (Å²) in [5, 5.41) is 13.1. The lowest BCUT2D eigenvalue weighted by molar-refractivity contribution is -0.384. The first kappa shape index (κ1) is 14.7. The molecule has 1 atom stereocenters. The number of hydrogen-bond acceptors (Lipinski definition) is 5. The first-order chi connectivity index (χ1) is 8.90. The van der Waals surface area contributed by atoms with Crippen molar-refractivity contribution in [2.24, 2.45) is 0 Å². The second-order valence-corrected chi connectivity index (χ2v) is 3.84. The minimum Gasteiger partial charge on any atom is -0.467 e. The normalized spacial score (nSPS) is 11.7. The van der Waals surface area contributed by atoms with Crippen molar-refractivity contribution in [2.45, 2.75) is 26.4 Å². The van der Waals surface area contributed by atoms with E-state index < -0.39 is 22.8 Å². The van der Waals surface area contributed by atoms with Crippen LogP contribution in [0.3, 0.4) is 0 Å². The second-order valence-electron chi connectivity index (χ2n) is 3.84. The summed E-state index contributed by atoms with van der Waals surface area (Å²) >= 11 is 0. The van der Waals surface area contributed by atoms with Crippen molar-refractivity contribution in [1.82, 2.24) is 9.88 Å². The van der Waals surface area contributed by atoms with E-state index in [9.17, 15) is 19.7 Å². The number of carbonyl (C=O) groups excluding carboxylic acids is 2. The number of ether oxygens (including phenoxy) is 1. The summed E-state index contributed by atoms with van der Waals surface area (Å²) in [6.45, 7) is 3.63. The van der Waals surface area contributed by atoms with E-state index >= 15 is 0 Å². The number of aromatic nitrogens is 1. The van der Waals surface area contributed by atoms with Gasteiger partial charge in [0.25, 0.3) is 11.6 Å². The van der Waals surface area contributed by atoms with Crippen LogP contribution < -0.4 is 5.32 Å². The molecule has 0 aliphatic carbocycles. The van der Waals surface area contributed by atoms with Gasteiger partial charge in [0.1, 0.15) is 11.7 Å². The van der Waals surface area contributed by atoms with E-state index in [0.717, 1.165) is 0 Å². The third-order valence-corrected chi connectivity index (χ3v) is 2.57. The van der Waals surface area contributed by atoms with E-state index in [1.54, 1.807) is 6.92 Å². The number of nitro groups is 1. The van der Waals surface area contributed by atoms with Gasteiger partial charge in [0.2, 0.25) is 0 Å². The van der Waals surface area contributed by atoms with Crippen LogP contribution in [0.4, 0.5) is 5.69 Å². The van der Waals surface area contributed by atoms with Crippen LogP contribution in [0, 0.1) is 10.1 Å². The average molecular weight is 269 g/mol. The SMILES string of the molecule is CCn1cc([N+](=O)[O-])cc1C(=O)NC(C)C(=O)OC. The predicted octanol–water partition coefficient (Wildman–Crippen LogP) is 0.707. The summed E-state index contributed by atoms with van der Waals surface area (Å²) in [7, 11) is 1.21. The quantitative estimate of drug-likeness (QED) is 0.481. The Bertz CT molecular complexity index is 508. The number of esters is 1. The summed E-state index contributed by atoms with van der Waals surface area (Å²) < 4.78 is 5.92. The molecule has 0 fully saturated rings. The van der Waals surface area contributed by atoms with Crippen LogP contribution in [0.1, 0.15) is 24.3 Å². The molecular weight excluding hydrogens is 254 g/mol. The Kier molecular flexibility index (Phi) is 4.62. The highest BCUT2D eigenvalue weighted by molar-refractivity contribution is 5.96. The predicted molar refractivity (Wildman–Crippen MR) is 65.7 cm³/mol. The van der Waals surface area contributed by atoms with Gasteiger partial charge >= 0.3 is 5.97 Å². The molecule has 0 bridgehead atoms. The summed E-state index contributed by atoms with van der Waals surface area (Å²) in [6, 6.07) is 0.347. The van der Waals surface area contributed by atoms with Gasteiger partial charge in [0, 0.05) is 12.6 Å². The zero-order valence-electron chi connectivity index (χ0n) is 10.9. The van der Waals surface area contributed by atoms with Gasteiger partial charge in [-0.2, -0.15) is 0 Å². The molecule has 1 unspecified atom stereocenters. The Hall–Kier alpha value is -2.38. The number of hydrogen-bond donors (Lipinski definition) is 1. The highest BCUT2D eigenvalue weighted by Crippen LogP contribution is 2.16. The van der Waals surface area contributed by atoms with E-state index in [0.29, 0.717) is 6.54 Å². The molecule has 104 valence electrons. The molecule has 1 rings (SSSR count). The lowest BCUT2D eigenvalue weighted by Crippen LogP contribution is -2.39. The largest absolute Gasteiger partial charge is 0.467 e. The molecule has 1 amide bonds. The third kappa shape index (κ3) is 3.30. The van der Waals surface area contributed by atoms with E-state index in [1.807, 2.05) is 0 Å². The molecule has 8 heteroatoms. The lowest BCUT2D eigenvalue weighted by Gasteiger charge is -2.12. The number of nitrogens with one attached hydrogen (secondary N) is 1. The number of aryl methyl sites for hydroxylation is 1. The molecule has 0 saturated carbocycles. The average Bonchev–Trinajstić information content (AvgIpc) is 2.81. The zero-order valence-corrected chi connectivity index (χ0v) is 10.9. The van der Waals surface area contributed by atoms with Gasteiger partial charge in [-0.25, -0.2) is 4.79 Å². The molecular formula is C11H15N3O5. The molecule has 1 N–H and O–H groups in total. The van der Waals surface area contributed by atoms with Crippen LogP contribution in [0.2, 0.25) is 0 Å². The van der Waals surface area contributed by atoms with Crippen LogP contribution in [0.15, 0.2) is 12.3 Å². The summed E-state index contributed by atoms with van der Waals surface area (Å²) in [5.41, 5.74) is -0.0392. The molecule has 1 aromatic heterocycles. The van der Waals surface area contributed by atoms with Crippen LogP contribution in [-0.2, 0) is 16.1 Å². The van der Waals surface area contributed by atoms with Crippen molar-refractivity contribution in [3.05, 3.63) is 28.1 Å². The number of nitrogens with zero attached hydrogens (tertiary/aromatic N) is 2. The number of methoxy groups -OCH3 is 1. The van der Waals surface area contributed by atoms with Crippen LogP contribution in [-0.4, -0.2) is 34.5 Å². The fourth-order valence-electron chi connectivity index (χ4n) is 1.55. The first-order valence-corrected chi connectivity index (χ1v) is 5.64. The maximum Gasteiger partial charge on any atom is 0.328 e. The van der Waals surface area contributed by atoms with E-state index in [2.05, 4.69) is 10.1 Å². The Morgan fingerprint density at radius 2 is 2.21 bits per heavy atom. The fourth-order valence-corrected chi connectivity index (χ4v) is 1.55. The monoisotopic (exact) mass is 269 g/mol. The van der Waals surface area contributed by atoms with Crippen molar-refractivity contribution < 1.29 is 19.2 Å². The molecule has 8 nitrogen and oxygen atoms in total. The second kappa shape index (κ2) is 5.98. The Balaban J connectivity index is 2.93. The van der Waals surface area contributed by atoms with Gasteiger partial charge in [-0.05, 0) is 13.8 Å². The van der Waals surface area contributed by atoms with Gasteiger partial charge in [-0.1, -0.05) is 0 Å². The lowest BCUT2D eigenvalue weighted by atomic mass is 10.3. The molecule has 0 aliphatic rings. The van der Waals surface area contributed by atoms with Crippen molar-refractivity contribution in [1.29, 1.82) is 0 Å². The topological polar surface area (TPSA) is 103 Å². The van der Waals surface area contributed by atoms with Gasteiger partial charge < -0.3 is 14.6 Å².